The first kappa shape index (κ1) is 22.8. The molecule has 5 N–H and O–H groups in total. The summed E-state index contributed by atoms with van der Waals surface area (Å²) in [6.45, 7) is 0.985. The maximum atomic E-state index is 12.7. The number of carbonyl (C=O) groups excluding carboxylic acids is 1. The molecule has 4 aliphatic heterocycles. The minimum absolute atomic E-state index is 0.0902. The van der Waals surface area contributed by atoms with Gasteiger partial charge in [-0.1, -0.05) is 18.2 Å². The van der Waals surface area contributed by atoms with Gasteiger partial charge in [0.2, 0.25) is 0 Å². The molecule has 186 valence electrons. The smallest absolute Gasteiger partial charge is 0.338 e. The first-order valence-corrected chi connectivity index (χ1v) is 11.4. The molecule has 4 heterocycles. The Hall–Kier alpha value is -1.67. The minimum atomic E-state index is -1.61. The molecule has 34 heavy (non-hydrogen) atoms. The Bertz CT molecular complexity index is 988. The molecular weight excluding hydrogens is 452 g/mol. The lowest BCUT2D eigenvalue weighted by Gasteiger charge is -2.67. The number of benzene rings is 1. The van der Waals surface area contributed by atoms with E-state index < -0.39 is 77.9 Å². The summed E-state index contributed by atoms with van der Waals surface area (Å²) in [6, 6.07) is 8.47. The Kier molecular flexibility index (Phi) is 4.81. The van der Waals surface area contributed by atoms with Crippen LogP contribution in [0.2, 0.25) is 0 Å². The number of hydrogen-bond acceptors (Lipinski definition) is 11. The van der Waals surface area contributed by atoms with Crippen molar-refractivity contribution in [2.45, 2.75) is 73.8 Å². The monoisotopic (exact) mass is 480 g/mol. The molecular formula is C23H28O11. The molecule has 1 aromatic carbocycles. The molecule has 0 aromatic heterocycles. The highest BCUT2D eigenvalue weighted by Gasteiger charge is 2.94. The van der Waals surface area contributed by atoms with E-state index in [2.05, 4.69) is 0 Å². The van der Waals surface area contributed by atoms with Gasteiger partial charge in [0.15, 0.2) is 18.4 Å². The van der Waals surface area contributed by atoms with Gasteiger partial charge in [-0.05, 0) is 25.5 Å². The fourth-order valence-corrected chi connectivity index (χ4v) is 6.87. The van der Waals surface area contributed by atoms with Crippen LogP contribution in [0.3, 0.4) is 0 Å². The second kappa shape index (κ2) is 7.19. The van der Waals surface area contributed by atoms with Crippen LogP contribution in [0, 0.1) is 11.3 Å². The van der Waals surface area contributed by atoms with E-state index in [1.165, 1.54) is 0 Å². The second-order valence-electron chi connectivity index (χ2n) is 10.2. The zero-order chi connectivity index (χ0) is 24.1. The van der Waals surface area contributed by atoms with Crippen molar-refractivity contribution in [3.8, 4) is 0 Å². The molecule has 6 bridgehead atoms. The Labute approximate surface area is 194 Å². The summed E-state index contributed by atoms with van der Waals surface area (Å²) in [5, 5.41) is 51.7. The van der Waals surface area contributed by atoms with E-state index in [1.807, 2.05) is 0 Å². The molecule has 7 aliphatic rings. The van der Waals surface area contributed by atoms with Crippen molar-refractivity contribution in [1.29, 1.82) is 0 Å². The number of aliphatic hydroxyl groups excluding tert-OH is 4. The molecule has 1 aromatic rings. The summed E-state index contributed by atoms with van der Waals surface area (Å²) in [5.74, 6) is -2.49. The van der Waals surface area contributed by atoms with Crippen LogP contribution in [0.25, 0.3) is 0 Å². The van der Waals surface area contributed by atoms with Gasteiger partial charge in [-0.3, -0.25) is 0 Å². The largest absolute Gasteiger partial charge is 0.461 e. The number of carbonyl (C=O) groups is 1. The van der Waals surface area contributed by atoms with Crippen molar-refractivity contribution >= 4 is 5.97 Å². The van der Waals surface area contributed by atoms with Gasteiger partial charge in [-0.25, -0.2) is 4.79 Å². The standard InChI is InChI=1S/C23H28O11/c1-20-9-22(29)13-7-23(20,32-18-16(27)15(26)14(25)12(8-24)31-18)21(13,19(33-20)34-22)10-30-17(28)11-5-3-2-4-6-11/h2-6,12-16,18-19,24-27,29H,7-10H2,1H3/t12-,13-,14-,15+,16-,18+,19+,20+,21+,22+,23+/m1/s1. The quantitative estimate of drug-likeness (QED) is 0.306. The number of rotatable bonds is 6. The number of ether oxygens (including phenoxy) is 5. The predicted molar refractivity (Wildman–Crippen MR) is 109 cm³/mol. The highest BCUT2D eigenvalue weighted by molar-refractivity contribution is 5.89. The Morgan fingerprint density at radius 2 is 1.85 bits per heavy atom. The van der Waals surface area contributed by atoms with Gasteiger partial charge in [0.25, 0.3) is 0 Å². The van der Waals surface area contributed by atoms with Crippen LogP contribution >= 0.6 is 0 Å². The third kappa shape index (κ3) is 2.59. The van der Waals surface area contributed by atoms with Gasteiger partial charge in [0.1, 0.15) is 42.2 Å². The van der Waals surface area contributed by atoms with Crippen LogP contribution < -0.4 is 0 Å². The minimum Gasteiger partial charge on any atom is -0.461 e. The van der Waals surface area contributed by atoms with E-state index >= 15 is 0 Å². The molecule has 4 saturated heterocycles. The fraction of sp³-hybridized carbons (Fsp3) is 0.696. The molecule has 11 nitrogen and oxygen atoms in total. The first-order chi connectivity index (χ1) is 16.1. The maximum absolute atomic E-state index is 12.7. The molecule has 0 amide bonds. The van der Waals surface area contributed by atoms with Crippen LogP contribution in [-0.4, -0.2) is 98.7 Å². The highest BCUT2D eigenvalue weighted by Crippen LogP contribution is 2.81. The lowest BCUT2D eigenvalue weighted by Crippen LogP contribution is -2.80. The summed E-state index contributed by atoms with van der Waals surface area (Å²) >= 11 is 0. The van der Waals surface area contributed by atoms with Gasteiger partial charge < -0.3 is 49.2 Å². The average Bonchev–Trinajstić information content (AvgIpc) is 3.00. The van der Waals surface area contributed by atoms with Crippen molar-refractivity contribution in [3.05, 3.63) is 35.9 Å². The number of aliphatic hydroxyl groups is 5. The van der Waals surface area contributed by atoms with Crippen molar-refractivity contribution in [2.24, 2.45) is 11.3 Å². The van der Waals surface area contributed by atoms with E-state index in [1.54, 1.807) is 37.3 Å². The summed E-state index contributed by atoms with van der Waals surface area (Å²) in [7, 11) is 0. The molecule has 3 saturated carbocycles. The summed E-state index contributed by atoms with van der Waals surface area (Å²) in [6.07, 6.45) is -7.87. The number of hydrogen-bond donors (Lipinski definition) is 5. The van der Waals surface area contributed by atoms with Crippen LogP contribution in [0.15, 0.2) is 30.3 Å². The Morgan fingerprint density at radius 3 is 2.56 bits per heavy atom. The lowest BCUT2D eigenvalue weighted by atomic mass is 9.41. The topological polar surface area (TPSA) is 164 Å². The molecule has 11 atom stereocenters. The van der Waals surface area contributed by atoms with Crippen molar-refractivity contribution in [2.75, 3.05) is 13.2 Å². The number of esters is 1. The predicted octanol–water partition coefficient (Wildman–Crippen LogP) is -1.36. The third-order valence-electron chi connectivity index (χ3n) is 8.57. The van der Waals surface area contributed by atoms with Gasteiger partial charge in [-0.2, -0.15) is 0 Å². The van der Waals surface area contributed by atoms with E-state index in [9.17, 15) is 30.3 Å². The van der Waals surface area contributed by atoms with E-state index in [0.29, 0.717) is 5.56 Å². The maximum Gasteiger partial charge on any atom is 0.338 e. The normalized spacial score (nSPS) is 52.5. The van der Waals surface area contributed by atoms with Crippen LogP contribution in [0.5, 0.6) is 0 Å². The molecule has 0 unspecified atom stereocenters. The van der Waals surface area contributed by atoms with Gasteiger partial charge >= 0.3 is 5.97 Å². The van der Waals surface area contributed by atoms with Gasteiger partial charge in [0, 0.05) is 12.3 Å². The molecule has 7 fully saturated rings. The van der Waals surface area contributed by atoms with Crippen molar-refractivity contribution < 1.29 is 54.0 Å². The molecule has 0 radical (unpaired) electrons. The van der Waals surface area contributed by atoms with Crippen LogP contribution in [0.1, 0.15) is 30.1 Å². The van der Waals surface area contributed by atoms with Crippen molar-refractivity contribution in [1.82, 2.24) is 0 Å². The molecule has 0 spiro atoms. The van der Waals surface area contributed by atoms with E-state index in [0.717, 1.165) is 0 Å². The SMILES string of the molecule is C[C@@]12C[C@]3(O)O[C@H](O1)[C@]1(COC(=O)c4ccccc4)[C@H]3C[C@@]12O[C@@H]1O[C@H](CO)[C@@H](O)[C@H](O)[C@H]1O. The molecule has 3 aliphatic carbocycles. The van der Waals surface area contributed by atoms with Crippen LogP contribution in [0.4, 0.5) is 0 Å². The summed E-state index contributed by atoms with van der Waals surface area (Å²) in [5.41, 5.74) is -2.99. The fourth-order valence-electron chi connectivity index (χ4n) is 6.87. The highest BCUT2D eigenvalue weighted by atomic mass is 16.8. The molecule has 8 rings (SSSR count). The van der Waals surface area contributed by atoms with Gasteiger partial charge in [-0.15, -0.1) is 0 Å². The summed E-state index contributed by atoms with van der Waals surface area (Å²) < 4.78 is 29.7. The second-order valence-corrected chi connectivity index (χ2v) is 10.2. The summed E-state index contributed by atoms with van der Waals surface area (Å²) in [4.78, 5) is 12.7. The third-order valence-corrected chi connectivity index (χ3v) is 8.57. The Balaban J connectivity index is 1.32. The zero-order valence-electron chi connectivity index (χ0n) is 18.4. The zero-order valence-corrected chi connectivity index (χ0v) is 18.4. The van der Waals surface area contributed by atoms with Gasteiger partial charge in [0.05, 0.1) is 17.6 Å². The average molecular weight is 480 g/mol. The lowest BCUT2D eigenvalue weighted by molar-refractivity contribution is -0.424. The Morgan fingerprint density at radius 1 is 1.12 bits per heavy atom. The van der Waals surface area contributed by atoms with Crippen molar-refractivity contribution in [3.63, 3.8) is 0 Å². The van der Waals surface area contributed by atoms with Crippen LogP contribution in [-0.2, 0) is 23.7 Å². The van der Waals surface area contributed by atoms with E-state index in [-0.39, 0.29) is 19.4 Å². The molecule has 11 heteroatoms. The van der Waals surface area contributed by atoms with E-state index in [4.69, 9.17) is 23.7 Å². The first-order valence-electron chi connectivity index (χ1n) is 11.4.